The van der Waals surface area contributed by atoms with Gasteiger partial charge in [0.25, 0.3) is 0 Å². The fourth-order valence-corrected chi connectivity index (χ4v) is 3.65. The van der Waals surface area contributed by atoms with Crippen molar-refractivity contribution in [3.8, 4) is 5.75 Å². The molecule has 0 fully saturated rings. The number of pyridine rings is 1. The van der Waals surface area contributed by atoms with Crippen LogP contribution in [-0.2, 0) is 25.0 Å². The number of ether oxygens (including phenoxy) is 1. The van der Waals surface area contributed by atoms with Crippen molar-refractivity contribution in [1.29, 1.82) is 0 Å². The SMILES string of the molecule is CC(C)(C)c1csc(CCNCc2ccccc2OCc2cccnc2)n1. The molecule has 0 aliphatic carbocycles. The van der Waals surface area contributed by atoms with Crippen molar-refractivity contribution in [3.63, 3.8) is 0 Å². The second-order valence-electron chi connectivity index (χ2n) is 7.56. The molecule has 27 heavy (non-hydrogen) atoms. The summed E-state index contributed by atoms with van der Waals surface area (Å²) in [6, 6.07) is 12.1. The Labute approximate surface area is 165 Å². The molecular weight excluding hydrogens is 354 g/mol. The van der Waals surface area contributed by atoms with E-state index in [-0.39, 0.29) is 5.41 Å². The number of hydrogen-bond donors (Lipinski definition) is 1. The average molecular weight is 382 g/mol. The van der Waals surface area contributed by atoms with Crippen LogP contribution in [0.15, 0.2) is 54.2 Å². The molecule has 2 heterocycles. The molecule has 0 spiro atoms. The van der Waals surface area contributed by atoms with E-state index in [9.17, 15) is 0 Å². The quantitative estimate of drug-likeness (QED) is 0.572. The van der Waals surface area contributed by atoms with E-state index >= 15 is 0 Å². The monoisotopic (exact) mass is 381 g/mol. The number of rotatable bonds is 8. The van der Waals surface area contributed by atoms with E-state index in [0.717, 1.165) is 36.4 Å². The van der Waals surface area contributed by atoms with Crippen molar-refractivity contribution in [2.75, 3.05) is 6.54 Å². The van der Waals surface area contributed by atoms with E-state index in [1.54, 1.807) is 17.5 Å². The van der Waals surface area contributed by atoms with Crippen LogP contribution in [0.5, 0.6) is 5.75 Å². The Morgan fingerprint density at radius 2 is 1.96 bits per heavy atom. The van der Waals surface area contributed by atoms with Gasteiger partial charge in [-0.2, -0.15) is 0 Å². The summed E-state index contributed by atoms with van der Waals surface area (Å²) in [7, 11) is 0. The number of nitrogens with zero attached hydrogens (tertiary/aromatic N) is 2. The van der Waals surface area contributed by atoms with E-state index in [1.165, 1.54) is 10.7 Å². The smallest absolute Gasteiger partial charge is 0.124 e. The maximum Gasteiger partial charge on any atom is 0.124 e. The van der Waals surface area contributed by atoms with Crippen LogP contribution in [0.25, 0.3) is 0 Å². The maximum atomic E-state index is 5.99. The van der Waals surface area contributed by atoms with Gasteiger partial charge in [0.05, 0.1) is 10.7 Å². The van der Waals surface area contributed by atoms with E-state index in [2.05, 4.69) is 42.5 Å². The Morgan fingerprint density at radius 3 is 2.70 bits per heavy atom. The molecule has 1 N–H and O–H groups in total. The highest BCUT2D eigenvalue weighted by molar-refractivity contribution is 7.09. The van der Waals surface area contributed by atoms with Crippen molar-refractivity contribution < 1.29 is 4.74 Å². The highest BCUT2D eigenvalue weighted by Crippen LogP contribution is 2.24. The standard InChI is InChI=1S/C22H27N3OS/c1-22(2,3)20-16-27-21(25-20)10-12-24-14-18-8-4-5-9-19(18)26-15-17-7-6-11-23-13-17/h4-9,11,13,16,24H,10,12,14-15H2,1-3H3. The van der Waals surface area contributed by atoms with Crippen molar-refractivity contribution in [3.05, 3.63) is 76.0 Å². The van der Waals surface area contributed by atoms with E-state index < -0.39 is 0 Å². The lowest BCUT2D eigenvalue weighted by atomic mass is 9.93. The van der Waals surface area contributed by atoms with E-state index in [1.807, 2.05) is 36.5 Å². The number of thiazole rings is 1. The first-order valence-electron chi connectivity index (χ1n) is 9.27. The summed E-state index contributed by atoms with van der Waals surface area (Å²) in [6.07, 6.45) is 4.55. The number of aromatic nitrogens is 2. The molecule has 0 amide bonds. The van der Waals surface area contributed by atoms with Crippen molar-refractivity contribution in [1.82, 2.24) is 15.3 Å². The van der Waals surface area contributed by atoms with E-state index in [0.29, 0.717) is 6.61 Å². The van der Waals surface area contributed by atoms with Crippen LogP contribution in [-0.4, -0.2) is 16.5 Å². The summed E-state index contributed by atoms with van der Waals surface area (Å²) in [6.45, 7) is 8.81. The van der Waals surface area contributed by atoms with Gasteiger partial charge in [-0.25, -0.2) is 4.98 Å². The maximum absolute atomic E-state index is 5.99. The van der Waals surface area contributed by atoms with Gasteiger partial charge in [-0.3, -0.25) is 4.98 Å². The van der Waals surface area contributed by atoms with Crippen molar-refractivity contribution >= 4 is 11.3 Å². The number of hydrogen-bond acceptors (Lipinski definition) is 5. The molecule has 0 saturated heterocycles. The molecule has 0 unspecified atom stereocenters. The molecular formula is C22H27N3OS. The van der Waals surface area contributed by atoms with Gasteiger partial charge in [0.15, 0.2) is 0 Å². The highest BCUT2D eigenvalue weighted by Gasteiger charge is 2.17. The molecule has 0 atom stereocenters. The second-order valence-corrected chi connectivity index (χ2v) is 8.50. The fourth-order valence-electron chi connectivity index (χ4n) is 2.62. The van der Waals surface area contributed by atoms with Crippen LogP contribution >= 0.6 is 11.3 Å². The van der Waals surface area contributed by atoms with Gasteiger partial charge in [0.1, 0.15) is 12.4 Å². The molecule has 0 radical (unpaired) electrons. The van der Waals surface area contributed by atoms with Gasteiger partial charge >= 0.3 is 0 Å². The minimum atomic E-state index is 0.118. The predicted molar refractivity (Wildman–Crippen MR) is 111 cm³/mol. The molecule has 1 aromatic carbocycles. The van der Waals surface area contributed by atoms with Crippen LogP contribution in [0.3, 0.4) is 0 Å². The zero-order chi connectivity index (χ0) is 19.1. The molecule has 0 saturated carbocycles. The molecule has 3 rings (SSSR count). The van der Waals surface area contributed by atoms with Gasteiger partial charge in [0.2, 0.25) is 0 Å². The summed E-state index contributed by atoms with van der Waals surface area (Å²) >= 11 is 1.75. The van der Waals surface area contributed by atoms with Crippen LogP contribution in [0.4, 0.5) is 0 Å². The first-order chi connectivity index (χ1) is 13.0. The third-order valence-corrected chi connectivity index (χ3v) is 5.15. The lowest BCUT2D eigenvalue weighted by Crippen LogP contribution is -2.17. The summed E-state index contributed by atoms with van der Waals surface area (Å²) in [5, 5.41) is 6.88. The molecule has 3 aromatic rings. The number of benzene rings is 1. The second kappa shape index (κ2) is 9.11. The normalized spacial score (nSPS) is 11.5. The van der Waals surface area contributed by atoms with Gasteiger partial charge < -0.3 is 10.1 Å². The minimum absolute atomic E-state index is 0.118. The molecule has 2 aromatic heterocycles. The zero-order valence-corrected chi connectivity index (χ0v) is 17.1. The first-order valence-corrected chi connectivity index (χ1v) is 10.2. The molecule has 0 bridgehead atoms. The van der Waals surface area contributed by atoms with Crippen molar-refractivity contribution in [2.24, 2.45) is 0 Å². The third-order valence-electron chi connectivity index (χ3n) is 4.24. The van der Waals surface area contributed by atoms with Gasteiger partial charge in [-0.1, -0.05) is 45.0 Å². The Morgan fingerprint density at radius 1 is 1.11 bits per heavy atom. The average Bonchev–Trinajstić information content (AvgIpc) is 3.15. The lowest BCUT2D eigenvalue weighted by molar-refractivity contribution is 0.301. The summed E-state index contributed by atoms with van der Waals surface area (Å²) < 4.78 is 5.99. The zero-order valence-electron chi connectivity index (χ0n) is 16.2. The van der Waals surface area contributed by atoms with Gasteiger partial charge in [-0.15, -0.1) is 11.3 Å². The minimum Gasteiger partial charge on any atom is -0.489 e. The van der Waals surface area contributed by atoms with Gasteiger partial charge in [0, 0.05) is 53.8 Å². The van der Waals surface area contributed by atoms with Crippen molar-refractivity contribution in [2.45, 2.75) is 45.8 Å². The van der Waals surface area contributed by atoms with Crippen LogP contribution in [0.1, 0.15) is 42.6 Å². The Balaban J connectivity index is 1.49. The molecule has 4 nitrogen and oxygen atoms in total. The number of nitrogens with one attached hydrogen (secondary N) is 1. The van der Waals surface area contributed by atoms with E-state index in [4.69, 9.17) is 9.72 Å². The summed E-state index contributed by atoms with van der Waals surface area (Å²) in [4.78, 5) is 8.88. The van der Waals surface area contributed by atoms with Crippen LogP contribution in [0.2, 0.25) is 0 Å². The molecule has 0 aliphatic heterocycles. The third kappa shape index (κ3) is 5.88. The topological polar surface area (TPSA) is 47.0 Å². The van der Waals surface area contributed by atoms with Gasteiger partial charge in [-0.05, 0) is 12.1 Å². The Kier molecular flexibility index (Phi) is 6.58. The van der Waals surface area contributed by atoms with Crippen LogP contribution < -0.4 is 10.1 Å². The lowest BCUT2D eigenvalue weighted by Gasteiger charge is -2.14. The molecule has 0 aliphatic rings. The first kappa shape index (κ1) is 19.5. The Bertz CT molecular complexity index is 840. The Hall–Kier alpha value is -2.24. The summed E-state index contributed by atoms with van der Waals surface area (Å²) in [5.41, 5.74) is 3.53. The van der Waals surface area contributed by atoms with Crippen LogP contribution in [0, 0.1) is 0 Å². The fraction of sp³-hybridized carbons (Fsp3) is 0.364. The molecule has 5 heteroatoms. The highest BCUT2D eigenvalue weighted by atomic mass is 32.1. The molecule has 142 valence electrons. The predicted octanol–water partition coefficient (Wildman–Crippen LogP) is 4.75. The summed E-state index contributed by atoms with van der Waals surface area (Å²) in [5.74, 6) is 0.915. The number of para-hydroxylation sites is 1. The largest absolute Gasteiger partial charge is 0.489 e.